The van der Waals surface area contributed by atoms with Crippen LogP contribution < -0.4 is 4.74 Å². The summed E-state index contributed by atoms with van der Waals surface area (Å²) in [4.78, 5) is 11.2. The average Bonchev–Trinajstić information content (AvgIpc) is 2.18. The molecule has 0 fully saturated rings. The molecule has 0 spiro atoms. The van der Waals surface area contributed by atoms with Crippen molar-refractivity contribution in [3.63, 3.8) is 0 Å². The summed E-state index contributed by atoms with van der Waals surface area (Å²) in [7, 11) is 0. The molecule has 0 amide bonds. The van der Waals surface area contributed by atoms with E-state index in [-0.39, 0.29) is 16.7 Å². The minimum absolute atomic E-state index is 0.115. The second kappa shape index (κ2) is 4.96. The van der Waals surface area contributed by atoms with Gasteiger partial charge in [-0.15, -0.1) is 0 Å². The van der Waals surface area contributed by atoms with Crippen LogP contribution in [-0.4, -0.2) is 17.7 Å². The predicted molar refractivity (Wildman–Crippen MR) is 68.3 cm³/mol. The van der Waals surface area contributed by atoms with E-state index in [1.165, 1.54) is 0 Å². The maximum atomic E-state index is 11.2. The standard InChI is InChI=1S/C13H17ClO3/c1-5-17-11-9(12(15)16)6-8(7-10(11)14)13(2,3)4/h6-7H,5H2,1-4H3,(H,15,16). The number of halogens is 1. The highest BCUT2D eigenvalue weighted by Crippen LogP contribution is 2.34. The van der Waals surface area contributed by atoms with Crippen LogP contribution in [0, 0.1) is 0 Å². The molecular weight excluding hydrogens is 240 g/mol. The zero-order valence-electron chi connectivity index (χ0n) is 10.5. The number of rotatable bonds is 3. The highest BCUT2D eigenvalue weighted by Gasteiger charge is 2.21. The van der Waals surface area contributed by atoms with Gasteiger partial charge in [-0.25, -0.2) is 4.79 Å². The van der Waals surface area contributed by atoms with E-state index in [1.54, 1.807) is 19.1 Å². The van der Waals surface area contributed by atoms with Gasteiger partial charge in [-0.3, -0.25) is 0 Å². The summed E-state index contributed by atoms with van der Waals surface area (Å²) in [5.74, 6) is -0.781. The van der Waals surface area contributed by atoms with Crippen LogP contribution in [0.4, 0.5) is 0 Å². The molecule has 1 aromatic carbocycles. The van der Waals surface area contributed by atoms with E-state index >= 15 is 0 Å². The van der Waals surface area contributed by atoms with Gasteiger partial charge in [-0.05, 0) is 30.0 Å². The Morgan fingerprint density at radius 1 is 1.41 bits per heavy atom. The van der Waals surface area contributed by atoms with Crippen LogP contribution >= 0.6 is 11.6 Å². The van der Waals surface area contributed by atoms with Gasteiger partial charge >= 0.3 is 5.97 Å². The first kappa shape index (κ1) is 13.8. The van der Waals surface area contributed by atoms with Gasteiger partial charge in [0.05, 0.1) is 11.6 Å². The summed E-state index contributed by atoms with van der Waals surface area (Å²) < 4.78 is 5.28. The van der Waals surface area contributed by atoms with E-state index in [1.807, 2.05) is 20.8 Å². The molecule has 4 heteroatoms. The van der Waals surface area contributed by atoms with Gasteiger partial charge in [-0.1, -0.05) is 32.4 Å². The average molecular weight is 257 g/mol. The smallest absolute Gasteiger partial charge is 0.339 e. The maximum absolute atomic E-state index is 11.2. The monoisotopic (exact) mass is 256 g/mol. The summed E-state index contributed by atoms with van der Waals surface area (Å²) in [6.07, 6.45) is 0. The second-order valence-corrected chi connectivity index (χ2v) is 5.23. The number of ether oxygens (including phenoxy) is 1. The van der Waals surface area contributed by atoms with Crippen LogP contribution in [0.25, 0.3) is 0 Å². The van der Waals surface area contributed by atoms with E-state index in [9.17, 15) is 4.79 Å². The number of benzene rings is 1. The first-order valence-corrected chi connectivity index (χ1v) is 5.85. The Bertz CT molecular complexity index is 433. The third kappa shape index (κ3) is 3.13. The van der Waals surface area contributed by atoms with Crippen molar-refractivity contribution in [1.29, 1.82) is 0 Å². The van der Waals surface area contributed by atoms with Crippen molar-refractivity contribution in [2.75, 3.05) is 6.61 Å². The Labute approximate surface area is 106 Å². The predicted octanol–water partition coefficient (Wildman–Crippen LogP) is 3.73. The van der Waals surface area contributed by atoms with E-state index in [0.29, 0.717) is 11.6 Å². The Kier molecular flexibility index (Phi) is 4.04. The summed E-state index contributed by atoms with van der Waals surface area (Å²) in [5, 5.41) is 9.51. The van der Waals surface area contributed by atoms with Crippen molar-refractivity contribution in [3.05, 3.63) is 28.3 Å². The highest BCUT2D eigenvalue weighted by molar-refractivity contribution is 6.32. The summed E-state index contributed by atoms with van der Waals surface area (Å²) in [5.41, 5.74) is 0.839. The van der Waals surface area contributed by atoms with E-state index in [4.69, 9.17) is 21.4 Å². The number of carbonyl (C=O) groups is 1. The molecule has 0 saturated heterocycles. The number of carboxylic acid groups (broad SMARTS) is 1. The van der Waals surface area contributed by atoms with Gasteiger partial charge in [0, 0.05) is 0 Å². The Morgan fingerprint density at radius 3 is 2.41 bits per heavy atom. The van der Waals surface area contributed by atoms with Crippen molar-refractivity contribution >= 4 is 17.6 Å². The first-order valence-electron chi connectivity index (χ1n) is 5.47. The molecule has 0 atom stereocenters. The summed E-state index contributed by atoms with van der Waals surface area (Å²) in [6, 6.07) is 3.39. The zero-order valence-corrected chi connectivity index (χ0v) is 11.3. The molecule has 17 heavy (non-hydrogen) atoms. The molecule has 0 radical (unpaired) electrons. The topological polar surface area (TPSA) is 46.5 Å². The number of hydrogen-bond donors (Lipinski definition) is 1. The molecule has 0 bridgehead atoms. The Morgan fingerprint density at radius 2 is 2.00 bits per heavy atom. The van der Waals surface area contributed by atoms with Crippen LogP contribution in [0.15, 0.2) is 12.1 Å². The number of carboxylic acids is 1. The van der Waals surface area contributed by atoms with Crippen LogP contribution in [0.2, 0.25) is 5.02 Å². The molecule has 0 saturated carbocycles. The molecule has 1 rings (SSSR count). The fourth-order valence-electron chi connectivity index (χ4n) is 1.48. The Balaban J connectivity index is 3.41. The minimum atomic E-state index is -1.03. The molecule has 0 aliphatic carbocycles. The van der Waals surface area contributed by atoms with Crippen molar-refractivity contribution in [3.8, 4) is 5.75 Å². The molecule has 0 aliphatic heterocycles. The number of aromatic carboxylic acids is 1. The van der Waals surface area contributed by atoms with Crippen LogP contribution in [0.5, 0.6) is 5.75 Å². The summed E-state index contributed by atoms with van der Waals surface area (Å²) >= 11 is 6.08. The maximum Gasteiger partial charge on any atom is 0.339 e. The van der Waals surface area contributed by atoms with Gasteiger partial charge in [0.15, 0.2) is 5.75 Å². The molecule has 0 aliphatic rings. The second-order valence-electron chi connectivity index (χ2n) is 4.82. The highest BCUT2D eigenvalue weighted by atomic mass is 35.5. The normalized spacial score (nSPS) is 11.4. The largest absolute Gasteiger partial charge is 0.491 e. The third-order valence-corrected chi connectivity index (χ3v) is 2.71. The lowest BCUT2D eigenvalue weighted by Gasteiger charge is -2.21. The minimum Gasteiger partial charge on any atom is -0.491 e. The van der Waals surface area contributed by atoms with Gasteiger partial charge in [0.25, 0.3) is 0 Å². The SMILES string of the molecule is CCOc1c(Cl)cc(C(C)(C)C)cc1C(=O)O. The fourth-order valence-corrected chi connectivity index (χ4v) is 1.75. The summed E-state index contributed by atoms with van der Waals surface area (Å²) in [6.45, 7) is 8.19. The Hall–Kier alpha value is -1.22. The van der Waals surface area contributed by atoms with Gasteiger partial charge in [0.2, 0.25) is 0 Å². The third-order valence-electron chi connectivity index (χ3n) is 2.43. The molecule has 0 heterocycles. The quantitative estimate of drug-likeness (QED) is 0.896. The van der Waals surface area contributed by atoms with Crippen LogP contribution in [0.1, 0.15) is 43.6 Å². The molecule has 1 aromatic rings. The van der Waals surface area contributed by atoms with E-state index in [2.05, 4.69) is 0 Å². The van der Waals surface area contributed by atoms with Crippen molar-refractivity contribution < 1.29 is 14.6 Å². The fraction of sp³-hybridized carbons (Fsp3) is 0.462. The van der Waals surface area contributed by atoms with Crippen LogP contribution in [0.3, 0.4) is 0 Å². The lowest BCUT2D eigenvalue weighted by molar-refractivity contribution is 0.0692. The first-order chi connectivity index (χ1) is 7.77. The van der Waals surface area contributed by atoms with E-state index < -0.39 is 5.97 Å². The van der Waals surface area contributed by atoms with Crippen molar-refractivity contribution in [1.82, 2.24) is 0 Å². The molecule has 94 valence electrons. The lowest BCUT2D eigenvalue weighted by atomic mass is 9.86. The van der Waals surface area contributed by atoms with Crippen molar-refractivity contribution in [2.24, 2.45) is 0 Å². The number of hydrogen-bond acceptors (Lipinski definition) is 2. The van der Waals surface area contributed by atoms with Crippen molar-refractivity contribution in [2.45, 2.75) is 33.1 Å². The molecule has 0 aromatic heterocycles. The molecular formula is C13H17ClO3. The van der Waals surface area contributed by atoms with Gasteiger partial charge < -0.3 is 9.84 Å². The van der Waals surface area contributed by atoms with E-state index in [0.717, 1.165) is 5.56 Å². The lowest BCUT2D eigenvalue weighted by Crippen LogP contribution is -2.13. The van der Waals surface area contributed by atoms with Gasteiger partial charge in [0.1, 0.15) is 5.56 Å². The van der Waals surface area contributed by atoms with Gasteiger partial charge in [-0.2, -0.15) is 0 Å². The van der Waals surface area contributed by atoms with Crippen LogP contribution in [-0.2, 0) is 5.41 Å². The molecule has 1 N–H and O–H groups in total. The molecule has 0 unspecified atom stereocenters. The molecule has 3 nitrogen and oxygen atoms in total. The zero-order chi connectivity index (χ0) is 13.2.